The molecule has 2 aromatic heterocycles. The molecular weight excluding hydrogens is 190 g/mol. The number of carbonyl (C=O) groups excluding carboxylic acids is 1. The van der Waals surface area contributed by atoms with Gasteiger partial charge in [-0.15, -0.1) is 0 Å². The van der Waals surface area contributed by atoms with Crippen molar-refractivity contribution in [2.45, 2.75) is 6.54 Å². The van der Waals surface area contributed by atoms with Gasteiger partial charge >= 0.3 is 0 Å². The lowest BCUT2D eigenvalue weighted by Crippen LogP contribution is -2.19. The predicted octanol–water partition coefficient (Wildman–Crippen LogP) is 1.14. The highest BCUT2D eigenvalue weighted by atomic mass is 16.1. The molecule has 0 atom stereocenters. The number of hydrogen-bond acceptors (Lipinski definition) is 2. The number of aromatic nitrogens is 2. The first kappa shape index (κ1) is 9.45. The maximum atomic E-state index is 10.9. The number of pyridine rings is 1. The van der Waals surface area contributed by atoms with Crippen LogP contribution in [0, 0.1) is 0 Å². The third-order valence-corrected chi connectivity index (χ3v) is 2.11. The van der Waals surface area contributed by atoms with E-state index in [0.717, 1.165) is 11.2 Å². The van der Waals surface area contributed by atoms with Crippen molar-refractivity contribution in [2.24, 2.45) is 0 Å². The van der Waals surface area contributed by atoms with Gasteiger partial charge in [0.15, 0.2) is 0 Å². The molecule has 2 aromatic rings. The second kappa shape index (κ2) is 3.96. The summed E-state index contributed by atoms with van der Waals surface area (Å²) in [6.45, 7) is 3.88. The fourth-order valence-electron chi connectivity index (χ4n) is 1.32. The van der Waals surface area contributed by atoms with Crippen molar-refractivity contribution < 1.29 is 4.79 Å². The van der Waals surface area contributed by atoms with Gasteiger partial charge in [0.1, 0.15) is 5.65 Å². The summed E-state index contributed by atoms with van der Waals surface area (Å²) in [5, 5.41) is 2.71. The van der Waals surface area contributed by atoms with Gasteiger partial charge in [-0.05, 0) is 23.8 Å². The molecule has 0 aliphatic rings. The minimum absolute atomic E-state index is 0.168. The van der Waals surface area contributed by atoms with Crippen LogP contribution in [-0.2, 0) is 11.3 Å². The van der Waals surface area contributed by atoms with E-state index in [-0.39, 0.29) is 5.91 Å². The van der Waals surface area contributed by atoms with E-state index in [1.165, 1.54) is 6.08 Å². The van der Waals surface area contributed by atoms with Gasteiger partial charge in [0.25, 0.3) is 0 Å². The Balaban J connectivity index is 2.14. The van der Waals surface area contributed by atoms with Crippen LogP contribution in [0.4, 0.5) is 0 Å². The Morgan fingerprint density at radius 2 is 2.47 bits per heavy atom. The molecule has 0 bridgehead atoms. The molecule has 4 heteroatoms. The zero-order valence-corrected chi connectivity index (χ0v) is 8.18. The highest BCUT2D eigenvalue weighted by molar-refractivity contribution is 5.86. The Labute approximate surface area is 87.3 Å². The quantitative estimate of drug-likeness (QED) is 0.757. The van der Waals surface area contributed by atoms with E-state index < -0.39 is 0 Å². The largest absolute Gasteiger partial charge is 0.348 e. The lowest BCUT2D eigenvalue weighted by molar-refractivity contribution is -0.116. The van der Waals surface area contributed by atoms with Crippen molar-refractivity contribution >= 4 is 11.6 Å². The third-order valence-electron chi connectivity index (χ3n) is 2.11. The van der Waals surface area contributed by atoms with Gasteiger partial charge < -0.3 is 9.72 Å². The van der Waals surface area contributed by atoms with E-state index in [1.54, 1.807) is 6.20 Å². The summed E-state index contributed by atoms with van der Waals surface area (Å²) in [5.41, 5.74) is 1.89. The average molecular weight is 201 g/mol. The van der Waals surface area contributed by atoms with Crippen molar-refractivity contribution in [1.82, 2.24) is 14.7 Å². The standard InChI is InChI=1S/C11H11N3O/c1-2-11(15)13-8-9-3-5-14-6-4-12-10(14)7-9/h2-7H,1,8H2,(H,13,15). The SMILES string of the molecule is C=CC(=O)NCc1ccn2ccnc2c1. The number of amides is 1. The van der Waals surface area contributed by atoms with Crippen LogP contribution in [0.5, 0.6) is 0 Å². The number of imidazole rings is 1. The molecule has 76 valence electrons. The smallest absolute Gasteiger partial charge is 0.243 e. The molecule has 1 amide bonds. The lowest BCUT2D eigenvalue weighted by Gasteiger charge is -2.02. The Hall–Kier alpha value is -2.10. The Morgan fingerprint density at radius 1 is 1.60 bits per heavy atom. The van der Waals surface area contributed by atoms with Crippen molar-refractivity contribution in [3.8, 4) is 0 Å². The first-order valence-corrected chi connectivity index (χ1v) is 4.61. The maximum absolute atomic E-state index is 10.9. The van der Waals surface area contributed by atoms with E-state index in [1.807, 2.05) is 28.9 Å². The molecule has 0 saturated heterocycles. The number of nitrogens with zero attached hydrogens (tertiary/aromatic N) is 2. The van der Waals surface area contributed by atoms with Crippen LogP contribution in [0.1, 0.15) is 5.56 Å². The van der Waals surface area contributed by atoms with Crippen LogP contribution in [0.3, 0.4) is 0 Å². The Morgan fingerprint density at radius 3 is 3.27 bits per heavy atom. The van der Waals surface area contributed by atoms with Crippen LogP contribution in [-0.4, -0.2) is 15.3 Å². The van der Waals surface area contributed by atoms with Crippen LogP contribution in [0.25, 0.3) is 5.65 Å². The average Bonchev–Trinajstić information content (AvgIpc) is 2.72. The molecule has 0 unspecified atom stereocenters. The van der Waals surface area contributed by atoms with E-state index >= 15 is 0 Å². The second-order valence-electron chi connectivity index (χ2n) is 3.15. The minimum Gasteiger partial charge on any atom is -0.348 e. The van der Waals surface area contributed by atoms with E-state index in [0.29, 0.717) is 6.54 Å². The topological polar surface area (TPSA) is 46.4 Å². The van der Waals surface area contributed by atoms with Crippen LogP contribution < -0.4 is 5.32 Å². The zero-order chi connectivity index (χ0) is 10.7. The van der Waals surface area contributed by atoms with Crippen molar-refractivity contribution in [3.05, 3.63) is 48.9 Å². The van der Waals surface area contributed by atoms with Gasteiger partial charge in [-0.3, -0.25) is 4.79 Å². The van der Waals surface area contributed by atoms with Gasteiger partial charge in [0.05, 0.1) is 0 Å². The summed E-state index contributed by atoms with van der Waals surface area (Å²) >= 11 is 0. The van der Waals surface area contributed by atoms with Crippen LogP contribution >= 0.6 is 0 Å². The fourth-order valence-corrected chi connectivity index (χ4v) is 1.32. The Kier molecular flexibility index (Phi) is 2.49. The molecule has 1 N–H and O–H groups in total. The summed E-state index contributed by atoms with van der Waals surface area (Å²) in [7, 11) is 0. The van der Waals surface area contributed by atoms with Gasteiger partial charge in [-0.2, -0.15) is 0 Å². The summed E-state index contributed by atoms with van der Waals surface area (Å²) in [4.78, 5) is 15.1. The molecule has 0 aliphatic heterocycles. The molecule has 0 aromatic carbocycles. The normalized spacial score (nSPS) is 10.1. The second-order valence-corrected chi connectivity index (χ2v) is 3.15. The van der Waals surface area contributed by atoms with Crippen molar-refractivity contribution in [2.75, 3.05) is 0 Å². The zero-order valence-electron chi connectivity index (χ0n) is 8.18. The van der Waals surface area contributed by atoms with Gasteiger partial charge in [0.2, 0.25) is 5.91 Å². The first-order valence-electron chi connectivity index (χ1n) is 4.61. The summed E-state index contributed by atoms with van der Waals surface area (Å²) in [6, 6.07) is 3.88. The molecule has 0 fully saturated rings. The van der Waals surface area contributed by atoms with Crippen molar-refractivity contribution in [1.29, 1.82) is 0 Å². The third kappa shape index (κ3) is 2.04. The number of fused-ring (bicyclic) bond motifs is 1. The van der Waals surface area contributed by atoms with Gasteiger partial charge in [-0.1, -0.05) is 6.58 Å². The molecule has 2 rings (SSSR count). The minimum atomic E-state index is -0.168. The number of hydrogen-bond donors (Lipinski definition) is 1. The summed E-state index contributed by atoms with van der Waals surface area (Å²) < 4.78 is 1.92. The van der Waals surface area contributed by atoms with E-state index in [4.69, 9.17) is 0 Å². The fraction of sp³-hybridized carbons (Fsp3) is 0.0909. The highest BCUT2D eigenvalue weighted by Crippen LogP contribution is 2.04. The summed E-state index contributed by atoms with van der Waals surface area (Å²) in [5.74, 6) is -0.168. The molecule has 0 radical (unpaired) electrons. The monoisotopic (exact) mass is 201 g/mol. The number of nitrogens with one attached hydrogen (secondary N) is 1. The molecule has 0 saturated carbocycles. The number of rotatable bonds is 3. The van der Waals surface area contributed by atoms with Gasteiger partial charge in [0, 0.05) is 25.1 Å². The predicted molar refractivity (Wildman–Crippen MR) is 57.2 cm³/mol. The molecule has 0 aliphatic carbocycles. The highest BCUT2D eigenvalue weighted by Gasteiger charge is 1.98. The van der Waals surface area contributed by atoms with Crippen LogP contribution in [0.15, 0.2) is 43.4 Å². The molecular formula is C11H11N3O. The first-order chi connectivity index (χ1) is 7.29. The molecule has 4 nitrogen and oxygen atoms in total. The van der Waals surface area contributed by atoms with Gasteiger partial charge in [-0.25, -0.2) is 4.98 Å². The molecule has 15 heavy (non-hydrogen) atoms. The maximum Gasteiger partial charge on any atom is 0.243 e. The lowest BCUT2D eigenvalue weighted by atomic mass is 10.2. The van der Waals surface area contributed by atoms with Crippen LogP contribution in [0.2, 0.25) is 0 Å². The van der Waals surface area contributed by atoms with E-state index in [9.17, 15) is 4.79 Å². The Bertz CT molecular complexity index is 501. The summed E-state index contributed by atoms with van der Waals surface area (Å²) in [6.07, 6.45) is 6.79. The molecule has 0 spiro atoms. The van der Waals surface area contributed by atoms with E-state index in [2.05, 4.69) is 16.9 Å². The molecule has 2 heterocycles. The van der Waals surface area contributed by atoms with Crippen molar-refractivity contribution in [3.63, 3.8) is 0 Å². The number of carbonyl (C=O) groups is 1.